The highest BCUT2D eigenvalue weighted by molar-refractivity contribution is 7.80. The molecular formula is C13H15ClN2O2S. The average Bonchev–Trinajstić information content (AvgIpc) is 3.12. The van der Waals surface area contributed by atoms with E-state index in [4.69, 9.17) is 34.3 Å². The van der Waals surface area contributed by atoms with Gasteiger partial charge in [-0.25, -0.2) is 0 Å². The lowest BCUT2D eigenvalue weighted by Crippen LogP contribution is -2.26. The number of amides is 1. The minimum Gasteiger partial charge on any atom is -0.492 e. The highest BCUT2D eigenvalue weighted by Crippen LogP contribution is 2.23. The van der Waals surface area contributed by atoms with Crippen LogP contribution in [0.15, 0.2) is 18.2 Å². The van der Waals surface area contributed by atoms with E-state index >= 15 is 0 Å². The molecule has 0 saturated heterocycles. The molecule has 0 aromatic heterocycles. The Morgan fingerprint density at radius 2 is 2.26 bits per heavy atom. The predicted molar refractivity (Wildman–Crippen MR) is 78.6 cm³/mol. The van der Waals surface area contributed by atoms with Crippen LogP contribution in [0.25, 0.3) is 0 Å². The third-order valence-electron chi connectivity index (χ3n) is 2.74. The van der Waals surface area contributed by atoms with Gasteiger partial charge < -0.3 is 15.8 Å². The Hall–Kier alpha value is -1.33. The number of ether oxygens (including phenoxy) is 1. The third kappa shape index (κ3) is 4.36. The Bertz CT molecular complexity index is 503. The smallest absolute Gasteiger partial charge is 0.223 e. The number of rotatable bonds is 6. The molecule has 4 nitrogen and oxygen atoms in total. The summed E-state index contributed by atoms with van der Waals surface area (Å²) in [6.07, 6.45) is 2.46. The highest BCUT2D eigenvalue weighted by atomic mass is 35.5. The molecule has 102 valence electrons. The van der Waals surface area contributed by atoms with Gasteiger partial charge in [-0.05, 0) is 31.0 Å². The second kappa shape index (κ2) is 6.21. The predicted octanol–water partition coefficient (Wildman–Crippen LogP) is 2.02. The molecule has 1 aliphatic rings. The van der Waals surface area contributed by atoms with Crippen molar-refractivity contribution in [2.75, 3.05) is 6.61 Å². The van der Waals surface area contributed by atoms with Crippen LogP contribution in [-0.2, 0) is 4.79 Å². The summed E-state index contributed by atoms with van der Waals surface area (Å²) in [6.45, 7) is 0.272. The fourth-order valence-corrected chi connectivity index (χ4v) is 1.93. The largest absolute Gasteiger partial charge is 0.492 e. The molecule has 0 radical (unpaired) electrons. The van der Waals surface area contributed by atoms with Crippen molar-refractivity contribution in [2.45, 2.75) is 25.3 Å². The summed E-state index contributed by atoms with van der Waals surface area (Å²) in [7, 11) is 0. The van der Waals surface area contributed by atoms with E-state index in [-0.39, 0.29) is 17.5 Å². The normalized spacial score (nSPS) is 13.9. The van der Waals surface area contributed by atoms with Crippen molar-refractivity contribution in [3.05, 3.63) is 28.8 Å². The van der Waals surface area contributed by atoms with Gasteiger partial charge in [-0.3, -0.25) is 4.79 Å². The van der Waals surface area contributed by atoms with Gasteiger partial charge in [-0.1, -0.05) is 23.8 Å². The maximum Gasteiger partial charge on any atom is 0.223 e. The van der Waals surface area contributed by atoms with Crippen LogP contribution >= 0.6 is 23.8 Å². The van der Waals surface area contributed by atoms with Crippen LogP contribution in [0.3, 0.4) is 0 Å². The molecule has 1 amide bonds. The number of thiocarbonyl (C=S) groups is 1. The molecular weight excluding hydrogens is 284 g/mol. The van der Waals surface area contributed by atoms with Gasteiger partial charge in [-0.15, -0.1) is 0 Å². The van der Waals surface area contributed by atoms with Crippen LogP contribution in [0.5, 0.6) is 5.75 Å². The molecule has 0 atom stereocenters. The topological polar surface area (TPSA) is 64.3 Å². The van der Waals surface area contributed by atoms with Gasteiger partial charge >= 0.3 is 0 Å². The van der Waals surface area contributed by atoms with Gasteiger partial charge in [0.2, 0.25) is 5.91 Å². The zero-order valence-corrected chi connectivity index (χ0v) is 11.9. The van der Waals surface area contributed by atoms with Crippen molar-refractivity contribution in [3.8, 4) is 5.75 Å². The lowest BCUT2D eigenvalue weighted by atomic mass is 10.2. The Balaban J connectivity index is 1.88. The van der Waals surface area contributed by atoms with Crippen molar-refractivity contribution < 1.29 is 9.53 Å². The SMILES string of the molecule is NC(=S)c1ccc(Cl)cc1OCCC(=O)NC1CC1. The van der Waals surface area contributed by atoms with Gasteiger partial charge in [0.1, 0.15) is 10.7 Å². The Morgan fingerprint density at radius 1 is 1.53 bits per heavy atom. The Labute approximate surface area is 122 Å². The van der Waals surface area contributed by atoms with E-state index in [1.807, 2.05) is 0 Å². The molecule has 19 heavy (non-hydrogen) atoms. The molecule has 1 fully saturated rings. The van der Waals surface area contributed by atoms with E-state index in [0.29, 0.717) is 28.8 Å². The zero-order valence-electron chi connectivity index (χ0n) is 10.3. The minimum absolute atomic E-state index is 0.00130. The second-order valence-electron chi connectivity index (χ2n) is 4.44. The van der Waals surface area contributed by atoms with Gasteiger partial charge in [0.15, 0.2) is 0 Å². The standard InChI is InChI=1S/C13H15ClN2O2S/c14-8-1-4-10(13(15)19)11(7-8)18-6-5-12(17)16-9-2-3-9/h1,4,7,9H,2-3,5-6H2,(H2,15,19)(H,16,17). The van der Waals surface area contributed by atoms with E-state index in [1.54, 1.807) is 18.2 Å². The third-order valence-corrected chi connectivity index (χ3v) is 3.19. The van der Waals surface area contributed by atoms with E-state index in [0.717, 1.165) is 12.8 Å². The summed E-state index contributed by atoms with van der Waals surface area (Å²) in [4.78, 5) is 11.7. The van der Waals surface area contributed by atoms with Gasteiger partial charge in [0.05, 0.1) is 18.6 Å². The Morgan fingerprint density at radius 3 is 2.89 bits per heavy atom. The maximum absolute atomic E-state index is 11.5. The molecule has 0 aliphatic heterocycles. The molecule has 1 aromatic carbocycles. The number of carbonyl (C=O) groups excluding carboxylic acids is 1. The summed E-state index contributed by atoms with van der Waals surface area (Å²) in [5.41, 5.74) is 6.23. The number of hydrogen-bond acceptors (Lipinski definition) is 3. The molecule has 1 aromatic rings. The van der Waals surface area contributed by atoms with E-state index in [1.165, 1.54) is 0 Å². The van der Waals surface area contributed by atoms with Crippen LogP contribution in [0.2, 0.25) is 5.02 Å². The van der Waals surface area contributed by atoms with Crippen molar-refractivity contribution in [1.82, 2.24) is 5.32 Å². The molecule has 6 heteroatoms. The van der Waals surface area contributed by atoms with Crippen LogP contribution in [0.1, 0.15) is 24.8 Å². The fraction of sp³-hybridized carbons (Fsp3) is 0.385. The summed E-state index contributed by atoms with van der Waals surface area (Å²) >= 11 is 10.8. The van der Waals surface area contributed by atoms with Crippen LogP contribution in [-0.4, -0.2) is 23.5 Å². The molecule has 1 saturated carbocycles. The molecule has 0 unspecified atom stereocenters. The monoisotopic (exact) mass is 298 g/mol. The summed E-state index contributed by atoms with van der Waals surface area (Å²) in [5, 5.41) is 3.43. The molecule has 0 heterocycles. The average molecular weight is 299 g/mol. The number of nitrogens with two attached hydrogens (primary N) is 1. The first-order chi connectivity index (χ1) is 9.06. The van der Waals surface area contributed by atoms with Crippen LogP contribution < -0.4 is 15.8 Å². The molecule has 0 spiro atoms. The lowest BCUT2D eigenvalue weighted by molar-refractivity contribution is -0.121. The highest BCUT2D eigenvalue weighted by Gasteiger charge is 2.22. The minimum atomic E-state index is 0.00130. The summed E-state index contributed by atoms with van der Waals surface area (Å²) < 4.78 is 5.54. The lowest BCUT2D eigenvalue weighted by Gasteiger charge is -2.11. The fourth-order valence-electron chi connectivity index (χ4n) is 1.60. The quantitative estimate of drug-likeness (QED) is 0.789. The number of halogens is 1. The van der Waals surface area contributed by atoms with Crippen LogP contribution in [0, 0.1) is 0 Å². The van der Waals surface area contributed by atoms with E-state index in [9.17, 15) is 4.79 Å². The van der Waals surface area contributed by atoms with Gasteiger partial charge in [-0.2, -0.15) is 0 Å². The van der Waals surface area contributed by atoms with Crippen LogP contribution in [0.4, 0.5) is 0 Å². The summed E-state index contributed by atoms with van der Waals surface area (Å²) in [5.74, 6) is 0.514. The van der Waals surface area contributed by atoms with E-state index in [2.05, 4.69) is 5.32 Å². The Kier molecular flexibility index (Phi) is 4.61. The van der Waals surface area contributed by atoms with Gasteiger partial charge in [0, 0.05) is 11.1 Å². The first-order valence-corrected chi connectivity index (χ1v) is 6.86. The number of carbonyl (C=O) groups is 1. The molecule has 0 bridgehead atoms. The van der Waals surface area contributed by atoms with E-state index < -0.39 is 0 Å². The first-order valence-electron chi connectivity index (χ1n) is 6.08. The molecule has 3 N–H and O–H groups in total. The first kappa shape index (κ1) is 14.1. The number of hydrogen-bond donors (Lipinski definition) is 2. The zero-order chi connectivity index (χ0) is 13.8. The summed E-state index contributed by atoms with van der Waals surface area (Å²) in [6, 6.07) is 5.42. The van der Waals surface area contributed by atoms with Gasteiger partial charge in [0.25, 0.3) is 0 Å². The van der Waals surface area contributed by atoms with Crippen molar-refractivity contribution in [2.24, 2.45) is 5.73 Å². The number of nitrogens with one attached hydrogen (secondary N) is 1. The number of benzene rings is 1. The molecule has 1 aliphatic carbocycles. The molecule has 2 rings (SSSR count). The van der Waals surface area contributed by atoms with Crippen molar-refractivity contribution >= 4 is 34.7 Å². The van der Waals surface area contributed by atoms with Crippen molar-refractivity contribution in [3.63, 3.8) is 0 Å². The maximum atomic E-state index is 11.5. The van der Waals surface area contributed by atoms with Crippen molar-refractivity contribution in [1.29, 1.82) is 0 Å². The second-order valence-corrected chi connectivity index (χ2v) is 5.32.